The molecule has 1 unspecified atom stereocenters. The number of methoxy groups -OCH3 is 1. The summed E-state index contributed by atoms with van der Waals surface area (Å²) in [6.07, 6.45) is 4.34. The zero-order valence-corrected chi connectivity index (χ0v) is 17.8. The Kier molecular flexibility index (Phi) is 5.05. The van der Waals surface area contributed by atoms with Crippen LogP contribution in [0.25, 0.3) is 11.7 Å². The smallest absolute Gasteiger partial charge is 0.327 e. The Morgan fingerprint density at radius 1 is 1.27 bits per heavy atom. The molecule has 12 nitrogen and oxygen atoms in total. The van der Waals surface area contributed by atoms with Crippen LogP contribution in [0.3, 0.4) is 0 Å². The Hall–Kier alpha value is -4.19. The van der Waals surface area contributed by atoms with Gasteiger partial charge in [0.05, 0.1) is 25.5 Å². The Morgan fingerprint density at radius 3 is 2.76 bits per heavy atom. The van der Waals surface area contributed by atoms with Crippen molar-refractivity contribution in [1.82, 2.24) is 29.5 Å². The van der Waals surface area contributed by atoms with Crippen LogP contribution in [0.1, 0.15) is 37.1 Å². The van der Waals surface area contributed by atoms with Crippen molar-refractivity contribution in [3.8, 4) is 23.4 Å². The maximum atomic E-state index is 11.5. The zero-order valence-electron chi connectivity index (χ0n) is 17.8. The quantitative estimate of drug-likeness (QED) is 0.325. The fraction of sp³-hybridized carbons (Fsp3) is 0.286. The van der Waals surface area contributed by atoms with Crippen molar-refractivity contribution in [2.75, 3.05) is 7.11 Å². The van der Waals surface area contributed by atoms with Gasteiger partial charge in [-0.1, -0.05) is 6.07 Å². The third-order valence-corrected chi connectivity index (χ3v) is 5.11. The molecule has 12 heteroatoms. The summed E-state index contributed by atoms with van der Waals surface area (Å²) in [5.41, 5.74) is 1.02. The van der Waals surface area contributed by atoms with Crippen molar-refractivity contribution in [3.63, 3.8) is 0 Å². The predicted octanol–water partition coefficient (Wildman–Crippen LogP) is 0.311. The molecule has 1 saturated carbocycles. The van der Waals surface area contributed by atoms with E-state index in [1.807, 2.05) is 0 Å². The van der Waals surface area contributed by atoms with Gasteiger partial charge < -0.3 is 24.7 Å². The predicted molar refractivity (Wildman–Crippen MR) is 115 cm³/mol. The van der Waals surface area contributed by atoms with E-state index in [9.17, 15) is 15.0 Å². The van der Waals surface area contributed by atoms with E-state index in [1.165, 1.54) is 23.9 Å². The van der Waals surface area contributed by atoms with Crippen molar-refractivity contribution in [3.05, 3.63) is 57.0 Å². The Labute approximate surface area is 185 Å². The molecule has 170 valence electrons. The molecule has 4 N–H and O–H groups in total. The Morgan fingerprint density at radius 2 is 2.09 bits per heavy atom. The Bertz CT molecular complexity index is 1510. The van der Waals surface area contributed by atoms with Crippen LogP contribution in [-0.4, -0.2) is 52.9 Å². The normalized spacial score (nSPS) is 15.8. The number of benzene rings is 1. The number of aromatic nitrogens is 6. The third kappa shape index (κ3) is 4.15. The summed E-state index contributed by atoms with van der Waals surface area (Å²) in [5.74, 6) is 0.477. The van der Waals surface area contributed by atoms with Crippen molar-refractivity contribution in [2.24, 2.45) is 4.99 Å². The molecule has 4 aromatic rings. The summed E-state index contributed by atoms with van der Waals surface area (Å²) in [4.78, 5) is 29.7. The first kappa shape index (κ1) is 20.7. The molecule has 1 fully saturated rings. The second-order valence-corrected chi connectivity index (χ2v) is 7.68. The molecule has 33 heavy (non-hydrogen) atoms. The van der Waals surface area contributed by atoms with E-state index in [0.717, 1.165) is 12.8 Å². The van der Waals surface area contributed by atoms with Crippen LogP contribution in [0, 0.1) is 0 Å². The number of rotatable bonds is 6. The lowest BCUT2D eigenvalue weighted by Gasteiger charge is -2.12. The van der Waals surface area contributed by atoms with Gasteiger partial charge in [-0.3, -0.25) is 4.98 Å². The van der Waals surface area contributed by atoms with Gasteiger partial charge in [-0.25, -0.2) is 9.79 Å². The van der Waals surface area contributed by atoms with Crippen molar-refractivity contribution in [2.45, 2.75) is 31.9 Å². The van der Waals surface area contributed by atoms with Gasteiger partial charge in [-0.15, -0.1) is 0 Å². The number of hydrogen-bond donors (Lipinski definition) is 4. The molecular formula is C21H21N7O5. The first-order chi connectivity index (χ1) is 15.9. The van der Waals surface area contributed by atoms with Gasteiger partial charge in [0.25, 0.3) is 5.62 Å². The number of aromatic amines is 2. The maximum absolute atomic E-state index is 11.5. The largest absolute Gasteiger partial charge is 0.493 e. The van der Waals surface area contributed by atoms with Crippen LogP contribution < -0.4 is 26.0 Å². The van der Waals surface area contributed by atoms with Crippen LogP contribution in [0.5, 0.6) is 23.4 Å². The molecule has 0 spiro atoms. The highest BCUT2D eigenvalue weighted by molar-refractivity contribution is 5.56. The molecule has 1 aliphatic rings. The number of aliphatic hydroxyl groups is 1. The maximum Gasteiger partial charge on any atom is 0.327 e. The number of aromatic hydroxyl groups is 1. The van der Waals surface area contributed by atoms with Gasteiger partial charge in [0.15, 0.2) is 17.1 Å². The van der Waals surface area contributed by atoms with E-state index in [2.05, 4.69) is 30.0 Å². The molecule has 0 saturated heterocycles. The first-order valence-electron chi connectivity index (χ1n) is 10.3. The minimum Gasteiger partial charge on any atom is -0.493 e. The lowest BCUT2D eigenvalue weighted by Crippen LogP contribution is -2.23. The van der Waals surface area contributed by atoms with E-state index in [4.69, 9.17) is 9.47 Å². The minimum absolute atomic E-state index is 0.0203. The number of hydrogen-bond acceptors (Lipinski definition) is 9. The molecule has 0 bridgehead atoms. The average molecular weight is 451 g/mol. The number of aliphatic hydroxyl groups excluding tert-OH is 1. The van der Waals surface area contributed by atoms with Crippen LogP contribution in [0.2, 0.25) is 0 Å². The van der Waals surface area contributed by atoms with Crippen LogP contribution in [0.15, 0.2) is 34.2 Å². The summed E-state index contributed by atoms with van der Waals surface area (Å²) in [5, 5.41) is 24.6. The van der Waals surface area contributed by atoms with E-state index in [1.54, 1.807) is 25.1 Å². The molecule has 5 rings (SSSR count). The van der Waals surface area contributed by atoms with Gasteiger partial charge in [0.2, 0.25) is 5.88 Å². The van der Waals surface area contributed by atoms with E-state index < -0.39 is 11.8 Å². The second kappa shape index (κ2) is 8.06. The standard InChI is InChI=1S/C21H21N7O5/c1-10(29)11-3-6-15(16(8-11)32-2)33-21-25-17-12(7-14-18(30)26-20(31)24-14)9-22-28(17)19(27-21)23-13-4-5-13/h3,6-10,13,29-30H,4-5H2,1-2H3,(H2,24,26,31)/b12-7+,23-19?. The summed E-state index contributed by atoms with van der Waals surface area (Å²) >= 11 is 0. The highest BCUT2D eigenvalue weighted by atomic mass is 16.5. The molecule has 0 radical (unpaired) electrons. The highest BCUT2D eigenvalue weighted by Gasteiger charge is 2.21. The highest BCUT2D eigenvalue weighted by Crippen LogP contribution is 2.32. The van der Waals surface area contributed by atoms with Gasteiger partial charge in [-0.05, 0) is 43.5 Å². The topological polar surface area (TPSA) is 163 Å². The monoisotopic (exact) mass is 451 g/mol. The molecule has 0 amide bonds. The van der Waals surface area contributed by atoms with Gasteiger partial charge in [-0.2, -0.15) is 19.6 Å². The lowest BCUT2D eigenvalue weighted by molar-refractivity contribution is 0.198. The summed E-state index contributed by atoms with van der Waals surface area (Å²) in [7, 11) is 1.50. The average Bonchev–Trinajstić information content (AvgIpc) is 3.42. The number of fused-ring (bicyclic) bond motifs is 1. The zero-order chi connectivity index (χ0) is 23.1. The third-order valence-electron chi connectivity index (χ3n) is 5.11. The van der Waals surface area contributed by atoms with Crippen molar-refractivity contribution in [1.29, 1.82) is 0 Å². The molecule has 0 aliphatic heterocycles. The molecule has 1 atom stereocenters. The molecule has 3 aromatic heterocycles. The molecular weight excluding hydrogens is 430 g/mol. The number of imidazole rings is 1. The second-order valence-electron chi connectivity index (χ2n) is 7.68. The van der Waals surface area contributed by atoms with Crippen LogP contribution in [-0.2, 0) is 0 Å². The molecule has 1 aliphatic carbocycles. The van der Waals surface area contributed by atoms with E-state index in [0.29, 0.717) is 33.5 Å². The van der Waals surface area contributed by atoms with E-state index >= 15 is 0 Å². The summed E-state index contributed by atoms with van der Waals surface area (Å²) in [6, 6.07) is 5.25. The number of ether oxygens (including phenoxy) is 2. The van der Waals surface area contributed by atoms with Gasteiger partial charge >= 0.3 is 11.7 Å². The number of nitrogens with one attached hydrogen (secondary N) is 2. The fourth-order valence-electron chi connectivity index (χ4n) is 3.23. The summed E-state index contributed by atoms with van der Waals surface area (Å²) < 4.78 is 12.8. The van der Waals surface area contributed by atoms with Gasteiger partial charge in [0.1, 0.15) is 5.69 Å². The van der Waals surface area contributed by atoms with Crippen LogP contribution in [0.4, 0.5) is 0 Å². The van der Waals surface area contributed by atoms with Crippen molar-refractivity contribution >= 4 is 11.7 Å². The molecule has 1 aromatic carbocycles. The van der Waals surface area contributed by atoms with Gasteiger partial charge in [0, 0.05) is 5.22 Å². The Balaban J connectivity index is 1.64. The van der Waals surface area contributed by atoms with E-state index in [-0.39, 0.29) is 23.6 Å². The molecule has 3 heterocycles. The fourth-order valence-corrected chi connectivity index (χ4v) is 3.23. The van der Waals surface area contributed by atoms with Crippen molar-refractivity contribution < 1.29 is 19.7 Å². The summed E-state index contributed by atoms with van der Waals surface area (Å²) in [6.45, 7) is 1.66. The number of nitrogens with zero attached hydrogens (tertiary/aromatic N) is 5. The minimum atomic E-state index is -0.661. The lowest BCUT2D eigenvalue weighted by atomic mass is 10.1. The van der Waals surface area contributed by atoms with Crippen LogP contribution >= 0.6 is 0 Å². The SMILES string of the molecule is COc1cc(C(C)O)ccc1Oc1nc(=NC2CC2)n2nc/c(=C\c3[nH]c(=O)[nH]c3O)c2n1. The number of H-pyrrole nitrogens is 2. The first-order valence-corrected chi connectivity index (χ1v) is 10.3.